The van der Waals surface area contributed by atoms with Gasteiger partial charge in [0.15, 0.2) is 0 Å². The number of hydrogen-bond donors (Lipinski definition) is 1. The Bertz CT molecular complexity index is 796. The van der Waals surface area contributed by atoms with Crippen molar-refractivity contribution >= 4 is 11.6 Å². The Hall–Kier alpha value is -2.34. The normalized spacial score (nSPS) is 17.5. The summed E-state index contributed by atoms with van der Waals surface area (Å²) >= 11 is 0. The average Bonchev–Trinajstić information content (AvgIpc) is 3.00. The number of likely N-dealkylation sites (tertiary alicyclic amines) is 1. The summed E-state index contributed by atoms with van der Waals surface area (Å²) in [6.07, 6.45) is 3.83. The van der Waals surface area contributed by atoms with Crippen LogP contribution in [0.3, 0.4) is 0 Å². The Labute approximate surface area is 167 Å². The molecule has 0 unspecified atom stereocenters. The van der Waals surface area contributed by atoms with Crippen LogP contribution in [-0.4, -0.2) is 36.2 Å². The Kier molecular flexibility index (Phi) is 6.73. The second kappa shape index (κ2) is 9.24. The first-order valence-corrected chi connectivity index (χ1v) is 10.0. The SMILES string of the molecule is COc1ccc(NC(=O)CC[C@@H]2CCCN(Cc3c(C)noc3C)C2)c(C)c1. The highest BCUT2D eigenvalue weighted by Crippen LogP contribution is 2.25. The Morgan fingerprint density at radius 1 is 1.36 bits per heavy atom. The van der Waals surface area contributed by atoms with Crippen LogP contribution >= 0.6 is 0 Å². The highest BCUT2D eigenvalue weighted by atomic mass is 16.5. The zero-order chi connectivity index (χ0) is 20.1. The van der Waals surface area contributed by atoms with Crippen molar-refractivity contribution in [2.75, 3.05) is 25.5 Å². The van der Waals surface area contributed by atoms with Crippen LogP contribution in [-0.2, 0) is 11.3 Å². The van der Waals surface area contributed by atoms with Crippen molar-refractivity contribution in [2.45, 2.75) is 53.0 Å². The smallest absolute Gasteiger partial charge is 0.224 e. The molecule has 1 amide bonds. The first-order valence-electron chi connectivity index (χ1n) is 10.0. The van der Waals surface area contributed by atoms with Gasteiger partial charge in [0.05, 0.1) is 12.8 Å². The standard InChI is InChI=1S/C22H31N3O3/c1-15-12-19(27-4)8-9-21(15)23-22(26)10-7-18-6-5-11-25(13-18)14-20-16(2)24-28-17(20)3/h8-9,12,18H,5-7,10-11,13-14H2,1-4H3,(H,23,26)/t18-/m0/s1. The summed E-state index contributed by atoms with van der Waals surface area (Å²) in [6, 6.07) is 5.71. The number of carbonyl (C=O) groups excluding carboxylic acids is 1. The van der Waals surface area contributed by atoms with Gasteiger partial charge in [0, 0.05) is 30.8 Å². The summed E-state index contributed by atoms with van der Waals surface area (Å²) in [4.78, 5) is 14.9. The molecule has 0 spiro atoms. The van der Waals surface area contributed by atoms with E-state index in [9.17, 15) is 4.79 Å². The summed E-state index contributed by atoms with van der Waals surface area (Å²) in [5, 5.41) is 7.09. The van der Waals surface area contributed by atoms with Crippen LogP contribution in [0.1, 0.15) is 48.3 Å². The molecule has 0 radical (unpaired) electrons. The fraction of sp³-hybridized carbons (Fsp3) is 0.545. The minimum atomic E-state index is 0.0797. The largest absolute Gasteiger partial charge is 0.497 e. The molecule has 6 nitrogen and oxygen atoms in total. The lowest BCUT2D eigenvalue weighted by Crippen LogP contribution is -2.35. The number of ether oxygens (including phenoxy) is 1. The molecule has 6 heteroatoms. The van der Waals surface area contributed by atoms with E-state index in [1.54, 1.807) is 7.11 Å². The number of amides is 1. The van der Waals surface area contributed by atoms with Crippen molar-refractivity contribution < 1.29 is 14.1 Å². The van der Waals surface area contributed by atoms with Crippen molar-refractivity contribution in [3.05, 3.63) is 40.8 Å². The Morgan fingerprint density at radius 3 is 2.86 bits per heavy atom. The molecule has 2 aromatic rings. The van der Waals surface area contributed by atoms with Crippen molar-refractivity contribution in [1.29, 1.82) is 0 Å². The van der Waals surface area contributed by atoms with Gasteiger partial charge in [-0.2, -0.15) is 0 Å². The number of nitrogens with one attached hydrogen (secondary N) is 1. The number of anilines is 1. The van der Waals surface area contributed by atoms with E-state index in [0.717, 1.165) is 54.5 Å². The van der Waals surface area contributed by atoms with E-state index in [4.69, 9.17) is 9.26 Å². The molecule has 1 aliphatic rings. The lowest BCUT2D eigenvalue weighted by molar-refractivity contribution is -0.116. The van der Waals surface area contributed by atoms with Crippen LogP contribution in [0.15, 0.2) is 22.7 Å². The van der Waals surface area contributed by atoms with E-state index in [2.05, 4.69) is 15.4 Å². The van der Waals surface area contributed by atoms with Gasteiger partial charge in [-0.15, -0.1) is 0 Å². The monoisotopic (exact) mass is 385 g/mol. The molecule has 3 rings (SSSR count). The summed E-state index contributed by atoms with van der Waals surface area (Å²) < 4.78 is 10.5. The summed E-state index contributed by atoms with van der Waals surface area (Å²) in [6.45, 7) is 8.96. The maximum Gasteiger partial charge on any atom is 0.224 e. The molecule has 1 atom stereocenters. The van der Waals surface area contributed by atoms with Gasteiger partial charge in [0.2, 0.25) is 5.91 Å². The number of rotatable bonds is 7. The third-order valence-corrected chi connectivity index (χ3v) is 5.65. The van der Waals surface area contributed by atoms with Gasteiger partial charge in [0.25, 0.3) is 0 Å². The molecule has 152 valence electrons. The number of carbonyl (C=O) groups is 1. The first-order chi connectivity index (χ1) is 13.5. The molecule has 1 saturated heterocycles. The molecular weight excluding hydrogens is 354 g/mol. The van der Waals surface area contributed by atoms with Crippen LogP contribution in [0.25, 0.3) is 0 Å². The van der Waals surface area contributed by atoms with Gasteiger partial charge < -0.3 is 14.6 Å². The van der Waals surface area contributed by atoms with Crippen molar-refractivity contribution in [1.82, 2.24) is 10.1 Å². The number of piperidine rings is 1. The highest BCUT2D eigenvalue weighted by Gasteiger charge is 2.22. The molecule has 1 aliphatic heterocycles. The summed E-state index contributed by atoms with van der Waals surface area (Å²) in [7, 11) is 1.65. The maximum absolute atomic E-state index is 12.4. The minimum Gasteiger partial charge on any atom is -0.497 e. The number of benzene rings is 1. The van der Waals surface area contributed by atoms with E-state index in [1.807, 2.05) is 39.0 Å². The molecule has 1 aromatic heterocycles. The van der Waals surface area contributed by atoms with Gasteiger partial charge in [-0.05, 0) is 76.3 Å². The molecule has 0 saturated carbocycles. The van der Waals surface area contributed by atoms with Crippen LogP contribution in [0.4, 0.5) is 5.69 Å². The number of methoxy groups -OCH3 is 1. The molecule has 1 N–H and O–H groups in total. The molecule has 0 aliphatic carbocycles. The Balaban J connectivity index is 1.48. The summed E-state index contributed by atoms with van der Waals surface area (Å²) in [5.41, 5.74) is 4.05. The molecule has 2 heterocycles. The van der Waals surface area contributed by atoms with Crippen LogP contribution < -0.4 is 10.1 Å². The zero-order valence-corrected chi connectivity index (χ0v) is 17.4. The Morgan fingerprint density at radius 2 is 2.18 bits per heavy atom. The third-order valence-electron chi connectivity index (χ3n) is 5.65. The van der Waals surface area contributed by atoms with E-state index in [1.165, 1.54) is 18.4 Å². The maximum atomic E-state index is 12.4. The van der Waals surface area contributed by atoms with Crippen LogP contribution in [0.5, 0.6) is 5.75 Å². The fourth-order valence-electron chi connectivity index (χ4n) is 3.93. The van der Waals surface area contributed by atoms with Gasteiger partial charge in [-0.1, -0.05) is 5.16 Å². The van der Waals surface area contributed by atoms with E-state index in [0.29, 0.717) is 12.3 Å². The minimum absolute atomic E-state index is 0.0797. The van der Waals surface area contributed by atoms with Gasteiger partial charge >= 0.3 is 0 Å². The van der Waals surface area contributed by atoms with Crippen molar-refractivity contribution in [3.8, 4) is 5.75 Å². The number of hydrogen-bond acceptors (Lipinski definition) is 5. The number of aromatic nitrogens is 1. The highest BCUT2D eigenvalue weighted by molar-refractivity contribution is 5.91. The van der Waals surface area contributed by atoms with E-state index in [-0.39, 0.29) is 5.91 Å². The second-order valence-corrected chi connectivity index (χ2v) is 7.81. The van der Waals surface area contributed by atoms with E-state index < -0.39 is 0 Å². The third kappa shape index (κ3) is 5.13. The topological polar surface area (TPSA) is 67.6 Å². The lowest BCUT2D eigenvalue weighted by Gasteiger charge is -2.32. The second-order valence-electron chi connectivity index (χ2n) is 7.81. The van der Waals surface area contributed by atoms with Gasteiger partial charge in [-0.3, -0.25) is 9.69 Å². The van der Waals surface area contributed by atoms with Gasteiger partial charge in [-0.25, -0.2) is 0 Å². The van der Waals surface area contributed by atoms with Crippen molar-refractivity contribution in [3.63, 3.8) is 0 Å². The van der Waals surface area contributed by atoms with E-state index >= 15 is 0 Å². The summed E-state index contributed by atoms with van der Waals surface area (Å²) in [5.74, 6) is 2.35. The average molecular weight is 386 g/mol. The zero-order valence-electron chi connectivity index (χ0n) is 17.4. The molecule has 0 bridgehead atoms. The number of nitrogens with zero attached hydrogens (tertiary/aromatic N) is 2. The van der Waals surface area contributed by atoms with Crippen molar-refractivity contribution in [2.24, 2.45) is 5.92 Å². The lowest BCUT2D eigenvalue weighted by atomic mass is 9.93. The predicted molar refractivity (Wildman–Crippen MR) is 110 cm³/mol. The first kappa shape index (κ1) is 20.4. The number of aryl methyl sites for hydroxylation is 3. The molecular formula is C22H31N3O3. The quantitative estimate of drug-likeness (QED) is 0.772. The predicted octanol–water partition coefficient (Wildman–Crippen LogP) is 4.24. The van der Waals surface area contributed by atoms with Crippen LogP contribution in [0.2, 0.25) is 0 Å². The fourth-order valence-corrected chi connectivity index (χ4v) is 3.93. The van der Waals surface area contributed by atoms with Gasteiger partial charge in [0.1, 0.15) is 11.5 Å². The molecule has 1 aromatic carbocycles. The van der Waals surface area contributed by atoms with Crippen LogP contribution in [0, 0.1) is 26.7 Å². The molecule has 1 fully saturated rings. The molecule has 28 heavy (non-hydrogen) atoms.